The van der Waals surface area contributed by atoms with Crippen molar-refractivity contribution < 1.29 is 10.4 Å². The Hall–Kier alpha value is -2.95. The first-order chi connectivity index (χ1) is 12.1. The molecule has 142 valence electrons. The lowest BCUT2D eigenvalue weighted by atomic mass is 10.2. The average Bonchev–Trinajstić information content (AvgIpc) is 3.17. The molecule has 0 aromatic carbocycles. The maximum absolute atomic E-state index is 8.66. The molecular weight excluding hydrogens is 413 g/mol. The van der Waals surface area contributed by atoms with Crippen molar-refractivity contribution in [3.63, 3.8) is 0 Å². The van der Waals surface area contributed by atoms with Crippen LogP contribution >= 0.6 is 36.2 Å². The third-order valence-electron chi connectivity index (χ3n) is 3.31. The van der Waals surface area contributed by atoms with Gasteiger partial charge in [-0.15, -0.1) is 36.2 Å². The van der Waals surface area contributed by atoms with Crippen molar-refractivity contribution >= 4 is 47.8 Å². The highest BCUT2D eigenvalue weighted by molar-refractivity contribution is 7.18. The minimum absolute atomic E-state index is 0. The zero-order valence-electron chi connectivity index (χ0n) is 13.6. The van der Waals surface area contributed by atoms with Crippen LogP contribution in [-0.2, 0) is 0 Å². The summed E-state index contributed by atoms with van der Waals surface area (Å²) in [5.74, 6) is -0.00659. The number of aromatic nitrogens is 3. The van der Waals surface area contributed by atoms with Gasteiger partial charge < -0.3 is 21.9 Å². The Morgan fingerprint density at radius 2 is 1.30 bits per heavy atom. The summed E-state index contributed by atoms with van der Waals surface area (Å²) in [4.78, 5) is 13.8. The Morgan fingerprint density at radius 3 is 1.74 bits per heavy atom. The van der Waals surface area contributed by atoms with Crippen LogP contribution in [0, 0.1) is 0 Å². The molecule has 27 heavy (non-hydrogen) atoms. The van der Waals surface area contributed by atoms with Crippen molar-refractivity contribution in [3.05, 3.63) is 54.0 Å². The van der Waals surface area contributed by atoms with E-state index in [1.54, 1.807) is 30.5 Å². The Labute approximate surface area is 170 Å². The quantitative estimate of drug-likeness (QED) is 0.215. The molecule has 0 saturated heterocycles. The summed E-state index contributed by atoms with van der Waals surface area (Å²) in [6.07, 6.45) is 4.73. The number of nitrogens with zero attached hydrogens (tertiary/aromatic N) is 5. The van der Waals surface area contributed by atoms with Crippen molar-refractivity contribution in [2.24, 2.45) is 21.8 Å². The van der Waals surface area contributed by atoms with E-state index in [4.69, 9.17) is 21.9 Å². The average molecular weight is 428 g/mol. The molecule has 9 nitrogen and oxygen atoms in total. The summed E-state index contributed by atoms with van der Waals surface area (Å²) in [5.41, 5.74) is 13.4. The number of thiazole rings is 1. The predicted molar refractivity (Wildman–Crippen MR) is 108 cm³/mol. The molecule has 0 fully saturated rings. The smallest absolute Gasteiger partial charge is 0.171 e. The highest BCUT2D eigenvalue weighted by Crippen LogP contribution is 2.30. The minimum Gasteiger partial charge on any atom is -0.409 e. The second kappa shape index (κ2) is 9.67. The monoisotopic (exact) mass is 427 g/mol. The van der Waals surface area contributed by atoms with E-state index in [1.165, 1.54) is 23.7 Å². The highest BCUT2D eigenvalue weighted by atomic mass is 35.5. The number of halogens is 2. The van der Waals surface area contributed by atoms with Gasteiger partial charge in [0.05, 0.1) is 16.3 Å². The molecule has 0 unspecified atom stereocenters. The van der Waals surface area contributed by atoms with Gasteiger partial charge in [-0.25, -0.2) is 4.98 Å². The third kappa shape index (κ3) is 4.82. The molecule has 0 spiro atoms. The first-order valence-corrected chi connectivity index (χ1v) is 7.78. The van der Waals surface area contributed by atoms with E-state index in [0.29, 0.717) is 27.5 Å². The SMILES string of the molecule is Cl.Cl.N/C(=N\O)c1ccc(-c2cnc(-c3ccc(/C(N)=N\O)cn3)s2)nc1. The summed E-state index contributed by atoms with van der Waals surface area (Å²) < 4.78 is 0. The summed E-state index contributed by atoms with van der Waals surface area (Å²) in [6, 6.07) is 6.91. The topological polar surface area (TPSA) is 156 Å². The fourth-order valence-electron chi connectivity index (χ4n) is 1.99. The maximum atomic E-state index is 8.66. The van der Waals surface area contributed by atoms with E-state index in [2.05, 4.69) is 25.3 Å². The summed E-state index contributed by atoms with van der Waals surface area (Å²) in [5, 5.41) is 23.9. The van der Waals surface area contributed by atoms with Crippen LogP contribution in [-0.4, -0.2) is 37.0 Å². The van der Waals surface area contributed by atoms with Gasteiger partial charge in [0.1, 0.15) is 5.01 Å². The zero-order chi connectivity index (χ0) is 17.8. The van der Waals surface area contributed by atoms with Gasteiger partial charge in [-0.05, 0) is 24.3 Å². The van der Waals surface area contributed by atoms with Crippen molar-refractivity contribution in [2.45, 2.75) is 0 Å². The second-order valence-electron chi connectivity index (χ2n) is 4.86. The Balaban J connectivity index is 0.00000182. The van der Waals surface area contributed by atoms with E-state index in [1.807, 2.05) is 0 Å². The van der Waals surface area contributed by atoms with Gasteiger partial charge >= 0.3 is 0 Å². The molecule has 0 amide bonds. The van der Waals surface area contributed by atoms with Crippen molar-refractivity contribution in [2.75, 3.05) is 0 Å². The Bertz CT molecular complexity index is 868. The molecule has 3 aromatic heterocycles. The first kappa shape index (κ1) is 22.1. The molecule has 0 radical (unpaired) electrons. The van der Waals surface area contributed by atoms with Crippen LogP contribution in [0.25, 0.3) is 21.3 Å². The molecule has 0 aliphatic carbocycles. The standard InChI is InChI=1S/C15H13N7O2S.2ClH/c16-13(21-23)8-1-3-10(18-5-8)12-7-20-15(25-12)11-4-2-9(6-19-11)14(17)22-24;;/h1-7,23-24H,(H2,16,21)(H2,17,22);2*1H. The van der Waals surface area contributed by atoms with Crippen LogP contribution in [0.2, 0.25) is 0 Å². The molecule has 0 aliphatic heterocycles. The molecule has 0 saturated carbocycles. The molecule has 0 aliphatic rings. The van der Waals surface area contributed by atoms with Crippen LogP contribution in [0.4, 0.5) is 0 Å². The number of pyridine rings is 2. The van der Waals surface area contributed by atoms with Gasteiger partial charge in [-0.2, -0.15) is 0 Å². The van der Waals surface area contributed by atoms with E-state index in [0.717, 1.165) is 4.88 Å². The van der Waals surface area contributed by atoms with E-state index in [9.17, 15) is 0 Å². The van der Waals surface area contributed by atoms with Gasteiger partial charge in [-0.3, -0.25) is 9.97 Å². The highest BCUT2D eigenvalue weighted by Gasteiger charge is 2.10. The Morgan fingerprint density at radius 1 is 0.778 bits per heavy atom. The number of rotatable bonds is 4. The number of hydrogen-bond donors (Lipinski definition) is 4. The van der Waals surface area contributed by atoms with Crippen LogP contribution < -0.4 is 11.5 Å². The molecule has 3 heterocycles. The lowest BCUT2D eigenvalue weighted by molar-refractivity contribution is 0.318. The number of hydrogen-bond acceptors (Lipinski definition) is 8. The first-order valence-electron chi connectivity index (χ1n) is 6.97. The van der Waals surface area contributed by atoms with Crippen molar-refractivity contribution in [1.82, 2.24) is 15.0 Å². The van der Waals surface area contributed by atoms with Gasteiger partial charge in [0.15, 0.2) is 11.7 Å². The van der Waals surface area contributed by atoms with Crippen molar-refractivity contribution in [3.8, 4) is 21.3 Å². The van der Waals surface area contributed by atoms with Crippen LogP contribution in [0.15, 0.2) is 53.2 Å². The van der Waals surface area contributed by atoms with Gasteiger partial charge in [0.25, 0.3) is 0 Å². The number of amidine groups is 2. The van der Waals surface area contributed by atoms with Gasteiger partial charge in [-0.1, -0.05) is 10.3 Å². The summed E-state index contributed by atoms with van der Waals surface area (Å²) in [7, 11) is 0. The molecule has 3 aromatic rings. The van der Waals surface area contributed by atoms with E-state index in [-0.39, 0.29) is 36.5 Å². The lowest BCUT2D eigenvalue weighted by Crippen LogP contribution is -2.13. The van der Waals surface area contributed by atoms with Crippen LogP contribution in [0.3, 0.4) is 0 Å². The van der Waals surface area contributed by atoms with Gasteiger partial charge in [0.2, 0.25) is 0 Å². The molecule has 12 heteroatoms. The molecule has 6 N–H and O–H groups in total. The van der Waals surface area contributed by atoms with Gasteiger partial charge in [0, 0.05) is 29.7 Å². The fourth-order valence-corrected chi connectivity index (χ4v) is 2.86. The summed E-state index contributed by atoms with van der Waals surface area (Å²) >= 11 is 1.42. The number of oxime groups is 2. The fraction of sp³-hybridized carbons (Fsp3) is 0. The van der Waals surface area contributed by atoms with Crippen LogP contribution in [0.1, 0.15) is 11.1 Å². The summed E-state index contributed by atoms with van der Waals surface area (Å²) in [6.45, 7) is 0. The van der Waals surface area contributed by atoms with Crippen LogP contribution in [0.5, 0.6) is 0 Å². The normalized spacial score (nSPS) is 11.4. The molecular formula is C15H15Cl2N7O2S. The lowest BCUT2D eigenvalue weighted by Gasteiger charge is -2.00. The zero-order valence-corrected chi connectivity index (χ0v) is 16.0. The van der Waals surface area contributed by atoms with E-state index < -0.39 is 0 Å². The molecule has 3 rings (SSSR count). The molecule has 0 bridgehead atoms. The minimum atomic E-state index is -0.00569. The maximum Gasteiger partial charge on any atom is 0.171 e. The number of nitrogens with two attached hydrogens (primary N) is 2. The second-order valence-corrected chi connectivity index (χ2v) is 5.90. The predicted octanol–water partition coefficient (Wildman–Crippen LogP) is 2.30. The molecule has 0 atom stereocenters. The third-order valence-corrected chi connectivity index (χ3v) is 4.35. The Kier molecular flexibility index (Phi) is 7.91. The van der Waals surface area contributed by atoms with E-state index >= 15 is 0 Å². The van der Waals surface area contributed by atoms with Crippen molar-refractivity contribution in [1.29, 1.82) is 0 Å². The largest absolute Gasteiger partial charge is 0.409 e.